The quantitative estimate of drug-likeness (QED) is 0.498. The maximum Gasteiger partial charge on any atom is 0.180 e. The number of hydrogen-bond donors (Lipinski definition) is 2. The van der Waals surface area contributed by atoms with Gasteiger partial charge in [-0.1, -0.05) is 24.6 Å². The van der Waals surface area contributed by atoms with Crippen molar-refractivity contribution in [1.29, 1.82) is 0 Å². The number of nitrogens with two attached hydrogens (primary N) is 1. The molecule has 0 amide bonds. The van der Waals surface area contributed by atoms with Gasteiger partial charge in [0.1, 0.15) is 0 Å². The Balaban J connectivity index is 1.12. The molecule has 0 radical (unpaired) electrons. The van der Waals surface area contributed by atoms with Gasteiger partial charge in [-0.15, -0.1) is 11.3 Å². The van der Waals surface area contributed by atoms with Crippen LogP contribution < -0.4 is 5.73 Å². The second-order valence-electron chi connectivity index (χ2n) is 9.45. The third kappa shape index (κ3) is 5.23. The molecule has 33 heavy (non-hydrogen) atoms. The van der Waals surface area contributed by atoms with Gasteiger partial charge in [-0.2, -0.15) is 0 Å². The van der Waals surface area contributed by atoms with Crippen molar-refractivity contribution in [2.75, 3.05) is 51.5 Å². The van der Waals surface area contributed by atoms with Crippen LogP contribution in [-0.2, 0) is 19.4 Å². The summed E-state index contributed by atoms with van der Waals surface area (Å²) in [5.74, 6) is 0. The van der Waals surface area contributed by atoms with E-state index in [1.165, 1.54) is 40.9 Å². The number of nitrogens with one attached hydrogen (secondary N) is 1. The Morgan fingerprint density at radius 3 is 2.85 bits per heavy atom. The molecule has 8 heteroatoms. The molecule has 1 atom stereocenters. The first-order valence-corrected chi connectivity index (χ1v) is 13.5. The van der Waals surface area contributed by atoms with Crippen LogP contribution in [0.15, 0.2) is 24.4 Å². The van der Waals surface area contributed by atoms with Crippen molar-refractivity contribution in [3.63, 3.8) is 0 Å². The molecule has 1 fully saturated rings. The van der Waals surface area contributed by atoms with E-state index in [0.29, 0.717) is 6.04 Å². The number of aryl methyl sites for hydroxylation is 1. The molecule has 0 saturated carbocycles. The van der Waals surface area contributed by atoms with E-state index in [4.69, 9.17) is 17.3 Å². The number of fused-ring (bicyclic) bond motifs is 2. The standard InChI is InChI=1S/C25H35ClN6S/c1-2-8-32(19-6-7-21-23(15-19)33-25(27)29-21)14-13-30-9-11-31(12-10-30)17-18-16-28-22-5-3-4-20(26)24(18)22/h3-5,16,19,28H,2,6-15,17H2,1H3,(H2,27,29). The number of thiazole rings is 1. The number of aromatic amines is 1. The zero-order chi connectivity index (χ0) is 22.8. The van der Waals surface area contributed by atoms with Gasteiger partial charge in [-0.25, -0.2) is 4.98 Å². The Labute approximate surface area is 205 Å². The van der Waals surface area contributed by atoms with E-state index in [1.54, 1.807) is 11.3 Å². The predicted octanol–water partition coefficient (Wildman–Crippen LogP) is 4.25. The molecule has 2 aromatic heterocycles. The van der Waals surface area contributed by atoms with Crippen LogP contribution in [-0.4, -0.2) is 76.5 Å². The average molecular weight is 487 g/mol. The minimum absolute atomic E-state index is 0.630. The lowest BCUT2D eigenvalue weighted by atomic mass is 9.96. The summed E-state index contributed by atoms with van der Waals surface area (Å²) in [5.41, 5.74) is 9.64. The Morgan fingerprint density at radius 2 is 2.03 bits per heavy atom. The van der Waals surface area contributed by atoms with Crippen LogP contribution in [0.3, 0.4) is 0 Å². The molecule has 1 unspecified atom stereocenters. The highest BCUT2D eigenvalue weighted by atomic mass is 35.5. The fraction of sp³-hybridized carbons (Fsp3) is 0.560. The van der Waals surface area contributed by atoms with Gasteiger partial charge in [-0.3, -0.25) is 14.7 Å². The maximum absolute atomic E-state index is 6.47. The first kappa shape index (κ1) is 23.1. The number of halogens is 1. The van der Waals surface area contributed by atoms with Crippen molar-refractivity contribution in [3.8, 4) is 0 Å². The largest absolute Gasteiger partial charge is 0.375 e. The molecule has 2 aliphatic rings. The molecule has 1 aromatic carbocycles. The van der Waals surface area contributed by atoms with Gasteiger partial charge < -0.3 is 10.7 Å². The zero-order valence-corrected chi connectivity index (χ0v) is 21.1. The predicted molar refractivity (Wildman–Crippen MR) is 139 cm³/mol. The highest BCUT2D eigenvalue weighted by Gasteiger charge is 2.27. The van der Waals surface area contributed by atoms with E-state index in [0.717, 1.165) is 74.3 Å². The summed E-state index contributed by atoms with van der Waals surface area (Å²) in [6, 6.07) is 6.72. The molecule has 3 N–H and O–H groups in total. The van der Waals surface area contributed by atoms with Gasteiger partial charge in [0.25, 0.3) is 0 Å². The average Bonchev–Trinajstić information content (AvgIpc) is 3.40. The Kier molecular flexibility index (Phi) is 7.23. The molecule has 0 bridgehead atoms. The molecule has 1 aliphatic heterocycles. The van der Waals surface area contributed by atoms with Crippen LogP contribution in [0.2, 0.25) is 5.02 Å². The summed E-state index contributed by atoms with van der Waals surface area (Å²) < 4.78 is 0. The topological polar surface area (TPSA) is 64.4 Å². The molecule has 3 aromatic rings. The maximum atomic E-state index is 6.47. The molecule has 5 rings (SSSR count). The minimum Gasteiger partial charge on any atom is -0.375 e. The first-order valence-electron chi connectivity index (χ1n) is 12.3. The molecular weight excluding hydrogens is 452 g/mol. The third-order valence-electron chi connectivity index (χ3n) is 7.26. The number of hydrogen-bond acceptors (Lipinski definition) is 6. The molecule has 1 aliphatic carbocycles. The summed E-state index contributed by atoms with van der Waals surface area (Å²) in [6.07, 6.45) is 6.72. The summed E-state index contributed by atoms with van der Waals surface area (Å²) in [4.78, 5) is 17.2. The van der Waals surface area contributed by atoms with Gasteiger partial charge >= 0.3 is 0 Å². The van der Waals surface area contributed by atoms with Gasteiger partial charge in [0, 0.05) is 73.8 Å². The van der Waals surface area contributed by atoms with Crippen LogP contribution in [0.4, 0.5) is 5.13 Å². The molecule has 0 spiro atoms. The van der Waals surface area contributed by atoms with Crippen molar-refractivity contribution in [2.45, 2.75) is 45.2 Å². The lowest BCUT2D eigenvalue weighted by Gasteiger charge is -2.38. The summed E-state index contributed by atoms with van der Waals surface area (Å²) >= 11 is 8.17. The Hall–Kier alpha value is -1.64. The van der Waals surface area contributed by atoms with Gasteiger partial charge in [0.05, 0.1) is 10.7 Å². The lowest BCUT2D eigenvalue weighted by Crippen LogP contribution is -2.49. The third-order valence-corrected chi connectivity index (χ3v) is 8.52. The number of benzene rings is 1. The first-order chi connectivity index (χ1) is 16.1. The monoisotopic (exact) mass is 486 g/mol. The zero-order valence-electron chi connectivity index (χ0n) is 19.5. The van der Waals surface area contributed by atoms with E-state index in [2.05, 4.69) is 43.9 Å². The van der Waals surface area contributed by atoms with E-state index >= 15 is 0 Å². The Bertz CT molecular complexity index is 1070. The van der Waals surface area contributed by atoms with Crippen LogP contribution in [0, 0.1) is 0 Å². The van der Waals surface area contributed by atoms with Crippen molar-refractivity contribution in [1.82, 2.24) is 24.7 Å². The number of piperazine rings is 1. The van der Waals surface area contributed by atoms with Gasteiger partial charge in [0.15, 0.2) is 5.13 Å². The highest BCUT2D eigenvalue weighted by molar-refractivity contribution is 7.15. The summed E-state index contributed by atoms with van der Waals surface area (Å²) in [7, 11) is 0. The SMILES string of the molecule is CCCN(CCN1CCN(Cc2c[nH]c3cccc(Cl)c23)CC1)C1CCc2nc(N)sc2C1. The van der Waals surface area contributed by atoms with Crippen molar-refractivity contribution in [3.05, 3.63) is 45.6 Å². The molecule has 6 nitrogen and oxygen atoms in total. The number of anilines is 1. The van der Waals surface area contributed by atoms with Crippen molar-refractivity contribution < 1.29 is 0 Å². The van der Waals surface area contributed by atoms with Crippen LogP contribution in [0.25, 0.3) is 10.9 Å². The number of nitrogens with zero attached hydrogens (tertiary/aromatic N) is 4. The lowest BCUT2D eigenvalue weighted by molar-refractivity contribution is 0.101. The minimum atomic E-state index is 0.630. The van der Waals surface area contributed by atoms with Gasteiger partial charge in [-0.05, 0) is 49.9 Å². The normalized spacial score (nSPS) is 20.0. The van der Waals surface area contributed by atoms with E-state index in [9.17, 15) is 0 Å². The molecule has 1 saturated heterocycles. The van der Waals surface area contributed by atoms with E-state index in [1.807, 2.05) is 12.1 Å². The van der Waals surface area contributed by atoms with Crippen LogP contribution >= 0.6 is 22.9 Å². The second kappa shape index (κ2) is 10.3. The fourth-order valence-electron chi connectivity index (χ4n) is 5.47. The molecular formula is C25H35ClN6S. The van der Waals surface area contributed by atoms with Crippen LogP contribution in [0.5, 0.6) is 0 Å². The molecule has 178 valence electrons. The van der Waals surface area contributed by atoms with E-state index in [-0.39, 0.29) is 0 Å². The van der Waals surface area contributed by atoms with Crippen molar-refractivity contribution >= 4 is 39.0 Å². The molecule has 3 heterocycles. The number of rotatable bonds is 8. The Morgan fingerprint density at radius 1 is 1.21 bits per heavy atom. The number of aromatic nitrogens is 2. The second-order valence-corrected chi connectivity index (χ2v) is 11.0. The van der Waals surface area contributed by atoms with Crippen LogP contribution in [0.1, 0.15) is 35.9 Å². The van der Waals surface area contributed by atoms with Crippen molar-refractivity contribution in [2.24, 2.45) is 0 Å². The smallest absolute Gasteiger partial charge is 0.180 e. The number of H-pyrrole nitrogens is 1. The van der Waals surface area contributed by atoms with E-state index < -0.39 is 0 Å². The fourth-order valence-corrected chi connectivity index (χ4v) is 6.71. The highest BCUT2D eigenvalue weighted by Crippen LogP contribution is 2.30. The summed E-state index contributed by atoms with van der Waals surface area (Å²) in [5, 5.41) is 2.75. The van der Waals surface area contributed by atoms with Gasteiger partial charge in [0.2, 0.25) is 0 Å². The summed E-state index contributed by atoms with van der Waals surface area (Å²) in [6.45, 7) is 11.2. The number of nitrogen functional groups attached to an aromatic ring is 1.